The van der Waals surface area contributed by atoms with Crippen molar-refractivity contribution in [1.29, 1.82) is 0 Å². The fourth-order valence-electron chi connectivity index (χ4n) is 0. The normalized spacial score (nSPS) is 7.92. The van der Waals surface area contributed by atoms with Crippen LogP contribution in [-0.2, 0) is 4.79 Å². The Morgan fingerprint density at radius 2 is 1.00 bits per heavy atom. The van der Waals surface area contributed by atoms with Gasteiger partial charge in [0.15, 0.2) is 0 Å². The zero-order valence-corrected chi connectivity index (χ0v) is 10.4. The molecule has 13 heavy (non-hydrogen) atoms. The first-order valence-electron chi connectivity index (χ1n) is 5.55. The molecule has 0 spiro atoms. The van der Waals surface area contributed by atoms with E-state index in [-0.39, 0.29) is 5.92 Å². The van der Waals surface area contributed by atoms with Crippen LogP contribution in [0.4, 0.5) is 0 Å². The van der Waals surface area contributed by atoms with Crippen molar-refractivity contribution in [3.05, 3.63) is 0 Å². The van der Waals surface area contributed by atoms with Gasteiger partial charge in [-0.1, -0.05) is 67.2 Å². The molecule has 0 rings (SSSR count). The number of hydrogen-bond donors (Lipinski definition) is 0. The molecule has 0 aliphatic heterocycles. The highest BCUT2D eigenvalue weighted by atomic mass is 16.1. The molecule has 0 amide bonds. The Morgan fingerprint density at radius 1 is 0.846 bits per heavy atom. The van der Waals surface area contributed by atoms with Crippen LogP contribution in [0.15, 0.2) is 0 Å². The second kappa shape index (κ2) is 22.6. The van der Waals surface area contributed by atoms with Gasteiger partial charge in [-0.05, 0) is 0 Å². The molecule has 82 valence electrons. The first-order valence-corrected chi connectivity index (χ1v) is 5.55. The van der Waals surface area contributed by atoms with Gasteiger partial charge < -0.3 is 4.79 Å². The smallest absolute Gasteiger partial charge is 0.122 e. The van der Waals surface area contributed by atoms with Crippen molar-refractivity contribution in [1.82, 2.24) is 0 Å². The Kier molecular flexibility index (Phi) is 32.1. The highest BCUT2D eigenvalue weighted by Gasteiger charge is 1.79. The van der Waals surface area contributed by atoms with E-state index in [0.29, 0.717) is 0 Å². The summed E-state index contributed by atoms with van der Waals surface area (Å²) in [5.74, 6) is 0.204. The van der Waals surface area contributed by atoms with Gasteiger partial charge >= 0.3 is 0 Å². The van der Waals surface area contributed by atoms with E-state index in [1.165, 1.54) is 25.7 Å². The van der Waals surface area contributed by atoms with Gasteiger partial charge in [-0.25, -0.2) is 0 Å². The van der Waals surface area contributed by atoms with Crippen LogP contribution in [0, 0.1) is 5.92 Å². The van der Waals surface area contributed by atoms with Crippen molar-refractivity contribution < 1.29 is 4.79 Å². The van der Waals surface area contributed by atoms with E-state index in [9.17, 15) is 4.79 Å². The average molecular weight is 188 g/mol. The second-order valence-corrected chi connectivity index (χ2v) is 3.38. The highest BCUT2D eigenvalue weighted by Crippen LogP contribution is 1.78. The third-order valence-corrected chi connectivity index (χ3v) is 1.27. The molecule has 1 nitrogen and oxygen atoms in total. The summed E-state index contributed by atoms with van der Waals surface area (Å²) in [4.78, 5) is 9.50. The zero-order chi connectivity index (χ0) is 11.1. The number of aldehydes is 1. The van der Waals surface area contributed by atoms with E-state index in [4.69, 9.17) is 0 Å². The molecule has 0 aromatic rings. The van der Waals surface area contributed by atoms with Gasteiger partial charge in [-0.2, -0.15) is 0 Å². The van der Waals surface area contributed by atoms with Crippen LogP contribution in [0.2, 0.25) is 0 Å². The van der Waals surface area contributed by atoms with Crippen LogP contribution in [-0.4, -0.2) is 6.29 Å². The van der Waals surface area contributed by atoms with E-state index < -0.39 is 0 Å². The van der Waals surface area contributed by atoms with Crippen LogP contribution in [0.25, 0.3) is 0 Å². The number of carbonyl (C=O) groups is 1. The van der Waals surface area contributed by atoms with Gasteiger partial charge in [-0.3, -0.25) is 0 Å². The van der Waals surface area contributed by atoms with Crippen molar-refractivity contribution in [2.24, 2.45) is 5.92 Å². The summed E-state index contributed by atoms with van der Waals surface area (Å²) >= 11 is 0. The summed E-state index contributed by atoms with van der Waals surface area (Å²) in [6, 6.07) is 0. The summed E-state index contributed by atoms with van der Waals surface area (Å²) in [5, 5.41) is 0. The summed E-state index contributed by atoms with van der Waals surface area (Å²) in [6.07, 6.45) is 6.19. The fraction of sp³-hybridized carbons (Fsp3) is 0.917. The number of rotatable bonds is 3. The van der Waals surface area contributed by atoms with E-state index in [1.54, 1.807) is 0 Å². The van der Waals surface area contributed by atoms with Crippen molar-refractivity contribution >= 4 is 6.29 Å². The molecular weight excluding hydrogens is 160 g/mol. The topological polar surface area (TPSA) is 17.1 Å². The monoisotopic (exact) mass is 188 g/mol. The van der Waals surface area contributed by atoms with Crippen LogP contribution in [0.1, 0.15) is 67.2 Å². The molecule has 0 bridgehead atoms. The summed E-state index contributed by atoms with van der Waals surface area (Å²) < 4.78 is 0. The predicted octanol–water partition coefficient (Wildman–Crippen LogP) is 4.45. The number of unbranched alkanes of at least 4 members (excludes halogenated alkanes) is 2. The van der Waals surface area contributed by atoms with Crippen LogP contribution < -0.4 is 0 Å². The van der Waals surface area contributed by atoms with Crippen LogP contribution in [0.3, 0.4) is 0 Å². The second-order valence-electron chi connectivity index (χ2n) is 3.38. The molecule has 0 aromatic carbocycles. The third kappa shape index (κ3) is 81.0. The molecule has 0 unspecified atom stereocenters. The molecular formula is C12H28O. The lowest BCUT2D eigenvalue weighted by atomic mass is 10.3. The van der Waals surface area contributed by atoms with Crippen molar-refractivity contribution in [2.75, 3.05) is 0 Å². The lowest BCUT2D eigenvalue weighted by Crippen LogP contribution is -1.82. The van der Waals surface area contributed by atoms with Gasteiger partial charge in [0.1, 0.15) is 6.29 Å². The lowest BCUT2D eigenvalue weighted by Gasteiger charge is -1.78. The highest BCUT2D eigenvalue weighted by molar-refractivity contribution is 5.51. The van der Waals surface area contributed by atoms with Crippen molar-refractivity contribution in [2.45, 2.75) is 67.2 Å². The fourth-order valence-corrected chi connectivity index (χ4v) is 0. The molecule has 0 heterocycles. The predicted molar refractivity (Wildman–Crippen MR) is 62.1 cm³/mol. The van der Waals surface area contributed by atoms with Crippen LogP contribution >= 0.6 is 0 Å². The largest absolute Gasteiger partial charge is 0.303 e. The molecule has 0 saturated heterocycles. The molecule has 1 heteroatoms. The summed E-state index contributed by atoms with van der Waals surface area (Å²) in [7, 11) is 0. The molecule has 0 fully saturated rings. The number of hydrogen-bond acceptors (Lipinski definition) is 1. The minimum atomic E-state index is 0.204. The summed E-state index contributed by atoms with van der Waals surface area (Å²) in [6.45, 7) is 12.4. The molecule has 0 aliphatic rings. The molecule has 0 aliphatic carbocycles. The number of carbonyl (C=O) groups excluding carboxylic acids is 1. The first-order chi connectivity index (χ1) is 6.10. The average Bonchev–Trinajstić information content (AvgIpc) is 2.18. The quantitative estimate of drug-likeness (QED) is 0.598. The van der Waals surface area contributed by atoms with Gasteiger partial charge in [0.05, 0.1) is 0 Å². The van der Waals surface area contributed by atoms with Gasteiger partial charge in [0.2, 0.25) is 0 Å². The maximum atomic E-state index is 9.50. The molecule has 0 aromatic heterocycles. The molecule has 0 radical (unpaired) electrons. The lowest BCUT2D eigenvalue weighted by molar-refractivity contribution is -0.110. The Hall–Kier alpha value is -0.330. The summed E-state index contributed by atoms with van der Waals surface area (Å²) in [5.41, 5.74) is 0. The standard InChI is InChI=1S/C4H8O.2C4H10/c1-4(2)3-5;2*1-3-4-2/h3-4H,1-2H3;2*3-4H2,1-2H3. The molecule has 0 saturated carbocycles. The van der Waals surface area contributed by atoms with Crippen molar-refractivity contribution in [3.63, 3.8) is 0 Å². The Bertz CT molecular complexity index is 59.5. The van der Waals surface area contributed by atoms with Gasteiger partial charge in [0, 0.05) is 5.92 Å². The third-order valence-electron chi connectivity index (χ3n) is 1.27. The van der Waals surface area contributed by atoms with E-state index in [0.717, 1.165) is 6.29 Å². The Balaban J connectivity index is -0.000000117. The van der Waals surface area contributed by atoms with E-state index in [2.05, 4.69) is 27.7 Å². The van der Waals surface area contributed by atoms with E-state index in [1.807, 2.05) is 13.8 Å². The minimum Gasteiger partial charge on any atom is -0.303 e. The SMILES string of the molecule is CC(C)C=O.CCCC.CCCC. The molecule has 0 N–H and O–H groups in total. The van der Waals surface area contributed by atoms with Crippen LogP contribution in [0.5, 0.6) is 0 Å². The molecule has 0 atom stereocenters. The zero-order valence-electron chi connectivity index (χ0n) is 10.4. The Morgan fingerprint density at radius 3 is 1.00 bits per heavy atom. The minimum absolute atomic E-state index is 0.204. The van der Waals surface area contributed by atoms with Gasteiger partial charge in [-0.15, -0.1) is 0 Å². The van der Waals surface area contributed by atoms with Gasteiger partial charge in [0.25, 0.3) is 0 Å². The van der Waals surface area contributed by atoms with E-state index >= 15 is 0 Å². The Labute approximate surface area is 84.9 Å². The maximum Gasteiger partial charge on any atom is 0.122 e. The van der Waals surface area contributed by atoms with Crippen molar-refractivity contribution in [3.8, 4) is 0 Å². The first kappa shape index (κ1) is 18.5. The maximum absolute atomic E-state index is 9.50.